The summed E-state index contributed by atoms with van der Waals surface area (Å²) in [4.78, 5) is 14.0. The van der Waals surface area contributed by atoms with Crippen LogP contribution in [0.3, 0.4) is 0 Å². The summed E-state index contributed by atoms with van der Waals surface area (Å²) >= 11 is 1.78. The van der Waals surface area contributed by atoms with E-state index in [1.54, 1.807) is 17.7 Å². The molecule has 5 heteroatoms. The van der Waals surface area contributed by atoms with Gasteiger partial charge in [-0.1, -0.05) is 45.0 Å². The van der Waals surface area contributed by atoms with Crippen molar-refractivity contribution in [2.45, 2.75) is 58.5 Å². The zero-order valence-corrected chi connectivity index (χ0v) is 17.9. The number of aryl methyl sites for hydroxylation is 1. The van der Waals surface area contributed by atoms with Gasteiger partial charge in [-0.15, -0.1) is 11.3 Å². The van der Waals surface area contributed by atoms with Gasteiger partial charge in [0.2, 0.25) is 0 Å². The molecule has 148 valence electrons. The maximum atomic E-state index is 4.53. The molecule has 1 N–H and O–H groups in total. The van der Waals surface area contributed by atoms with Gasteiger partial charge in [0, 0.05) is 30.6 Å². The first-order valence-electron chi connectivity index (χ1n) is 10.4. The molecule has 0 saturated carbocycles. The predicted molar refractivity (Wildman–Crippen MR) is 119 cm³/mol. The Balaban J connectivity index is 1.36. The average Bonchev–Trinajstić information content (AvgIpc) is 3.14. The first-order chi connectivity index (χ1) is 13.6. The van der Waals surface area contributed by atoms with Crippen molar-refractivity contribution in [1.82, 2.24) is 14.9 Å². The van der Waals surface area contributed by atoms with Crippen molar-refractivity contribution < 1.29 is 0 Å². The summed E-state index contributed by atoms with van der Waals surface area (Å²) in [6, 6.07) is 11.8. The first kappa shape index (κ1) is 19.3. The molecule has 2 aromatic heterocycles. The summed E-state index contributed by atoms with van der Waals surface area (Å²) in [7, 11) is 0. The molecule has 4 nitrogen and oxygen atoms in total. The zero-order chi connectivity index (χ0) is 19.5. The number of hydrogen-bond donors (Lipinski definition) is 1. The van der Waals surface area contributed by atoms with Gasteiger partial charge < -0.3 is 5.32 Å². The number of aromatic nitrogens is 2. The summed E-state index contributed by atoms with van der Waals surface area (Å²) in [6.45, 7) is 10.0. The third kappa shape index (κ3) is 4.36. The van der Waals surface area contributed by atoms with E-state index in [9.17, 15) is 0 Å². The molecule has 1 aromatic carbocycles. The van der Waals surface area contributed by atoms with E-state index in [4.69, 9.17) is 0 Å². The van der Waals surface area contributed by atoms with Crippen molar-refractivity contribution >= 4 is 27.4 Å². The van der Waals surface area contributed by atoms with Crippen molar-refractivity contribution in [1.29, 1.82) is 0 Å². The Kier molecular flexibility index (Phi) is 5.93. The Morgan fingerprint density at radius 3 is 2.75 bits per heavy atom. The number of nitrogens with zero attached hydrogens (tertiary/aromatic N) is 3. The van der Waals surface area contributed by atoms with Crippen molar-refractivity contribution in [3.63, 3.8) is 0 Å². The fourth-order valence-corrected chi connectivity index (χ4v) is 4.87. The predicted octanol–water partition coefficient (Wildman–Crippen LogP) is 5.45. The molecule has 0 bridgehead atoms. The van der Waals surface area contributed by atoms with Gasteiger partial charge in [-0.2, -0.15) is 0 Å². The van der Waals surface area contributed by atoms with Gasteiger partial charge >= 0.3 is 0 Å². The van der Waals surface area contributed by atoms with Crippen LogP contribution in [0.5, 0.6) is 0 Å². The van der Waals surface area contributed by atoms with Crippen LogP contribution < -0.4 is 5.32 Å². The molecule has 1 aliphatic heterocycles. The number of rotatable bonds is 6. The van der Waals surface area contributed by atoms with Crippen LogP contribution in [-0.4, -0.2) is 34.0 Å². The normalized spacial score (nSPS) is 16.1. The third-order valence-electron chi connectivity index (χ3n) is 5.68. The molecule has 0 radical (unpaired) electrons. The van der Waals surface area contributed by atoms with Gasteiger partial charge in [0.25, 0.3) is 0 Å². The second kappa shape index (κ2) is 8.58. The zero-order valence-electron chi connectivity index (χ0n) is 17.1. The van der Waals surface area contributed by atoms with Crippen molar-refractivity contribution in [3.05, 3.63) is 52.7 Å². The van der Waals surface area contributed by atoms with E-state index in [2.05, 4.69) is 71.3 Å². The van der Waals surface area contributed by atoms with Crippen LogP contribution in [0.25, 0.3) is 10.2 Å². The van der Waals surface area contributed by atoms with Gasteiger partial charge in [-0.05, 0) is 42.4 Å². The quantitative estimate of drug-likeness (QED) is 0.603. The lowest BCUT2D eigenvalue weighted by atomic mass is 9.99. The number of benzene rings is 1. The largest absolute Gasteiger partial charge is 0.367 e. The van der Waals surface area contributed by atoms with Gasteiger partial charge in [0.05, 0.1) is 5.39 Å². The van der Waals surface area contributed by atoms with Crippen LogP contribution in [0, 0.1) is 0 Å². The van der Waals surface area contributed by atoms with Crippen LogP contribution in [0.15, 0.2) is 36.7 Å². The molecule has 0 amide bonds. The molecule has 0 aliphatic carbocycles. The van der Waals surface area contributed by atoms with E-state index in [0.717, 1.165) is 49.5 Å². The highest BCUT2D eigenvalue weighted by Crippen LogP contribution is 2.29. The Morgan fingerprint density at radius 2 is 2.00 bits per heavy atom. The number of nitrogens with one attached hydrogen (secondary N) is 1. The summed E-state index contributed by atoms with van der Waals surface area (Å²) in [5, 5.41) is 4.88. The number of piperidine rings is 1. The number of fused-ring (bicyclic) bond motifs is 1. The molecule has 4 rings (SSSR count). The maximum Gasteiger partial charge on any atom is 0.138 e. The van der Waals surface area contributed by atoms with E-state index in [1.165, 1.54) is 21.4 Å². The van der Waals surface area contributed by atoms with Crippen molar-refractivity contribution in [2.75, 3.05) is 18.4 Å². The second-order valence-electron chi connectivity index (χ2n) is 8.10. The second-order valence-corrected chi connectivity index (χ2v) is 9.22. The Morgan fingerprint density at radius 1 is 1.18 bits per heavy atom. The highest BCUT2D eigenvalue weighted by molar-refractivity contribution is 7.18. The molecule has 0 atom stereocenters. The van der Waals surface area contributed by atoms with Crippen LogP contribution >= 0.6 is 11.3 Å². The molecule has 0 spiro atoms. The Hall–Kier alpha value is -1.98. The minimum Gasteiger partial charge on any atom is -0.367 e. The molecular formula is C23H30N4S. The van der Waals surface area contributed by atoms with E-state index >= 15 is 0 Å². The minimum absolute atomic E-state index is 0.487. The van der Waals surface area contributed by atoms with Crippen LogP contribution in [0.4, 0.5) is 5.82 Å². The maximum absolute atomic E-state index is 4.53. The van der Waals surface area contributed by atoms with Gasteiger partial charge in [0.15, 0.2) is 0 Å². The summed E-state index contributed by atoms with van der Waals surface area (Å²) < 4.78 is 0. The smallest absolute Gasteiger partial charge is 0.138 e. The Labute approximate surface area is 172 Å². The van der Waals surface area contributed by atoms with E-state index in [0.29, 0.717) is 12.0 Å². The van der Waals surface area contributed by atoms with Crippen LogP contribution in [0.1, 0.15) is 55.5 Å². The third-order valence-corrected chi connectivity index (χ3v) is 6.87. The minimum atomic E-state index is 0.487. The molecular weight excluding hydrogens is 364 g/mol. The van der Waals surface area contributed by atoms with Crippen molar-refractivity contribution in [3.8, 4) is 0 Å². The standard InChI is InChI=1S/C23H30N4S/c1-4-20-13-21-22(24-15-25-23(21)28-20)26-19-8-10-27(11-9-19)14-17-6-5-7-18(12-17)16(2)3/h5-7,12-13,15-16,19H,4,8-11,14H2,1-3H3,(H,24,25,26). The summed E-state index contributed by atoms with van der Waals surface area (Å²) in [6.07, 6.45) is 5.05. The topological polar surface area (TPSA) is 41.0 Å². The molecule has 1 saturated heterocycles. The van der Waals surface area contributed by atoms with Crippen LogP contribution in [0.2, 0.25) is 0 Å². The van der Waals surface area contributed by atoms with E-state index < -0.39 is 0 Å². The molecule has 3 aromatic rings. The van der Waals surface area contributed by atoms with E-state index in [-0.39, 0.29) is 0 Å². The summed E-state index contributed by atoms with van der Waals surface area (Å²) in [5.74, 6) is 1.59. The monoisotopic (exact) mass is 394 g/mol. The fraction of sp³-hybridized carbons (Fsp3) is 0.478. The first-order valence-corrected chi connectivity index (χ1v) is 11.2. The Bertz CT molecular complexity index is 925. The van der Waals surface area contributed by atoms with Gasteiger partial charge in [-0.25, -0.2) is 9.97 Å². The molecule has 0 unspecified atom stereocenters. The highest BCUT2D eigenvalue weighted by atomic mass is 32.1. The van der Waals surface area contributed by atoms with Crippen LogP contribution in [-0.2, 0) is 13.0 Å². The number of hydrogen-bond acceptors (Lipinski definition) is 5. The molecule has 1 fully saturated rings. The number of thiophene rings is 1. The van der Waals surface area contributed by atoms with Crippen molar-refractivity contribution in [2.24, 2.45) is 0 Å². The van der Waals surface area contributed by atoms with Gasteiger partial charge in [-0.3, -0.25) is 4.90 Å². The molecule has 1 aliphatic rings. The lowest BCUT2D eigenvalue weighted by Crippen LogP contribution is -2.38. The highest BCUT2D eigenvalue weighted by Gasteiger charge is 2.20. The lowest BCUT2D eigenvalue weighted by Gasteiger charge is -2.32. The van der Waals surface area contributed by atoms with Gasteiger partial charge in [0.1, 0.15) is 17.0 Å². The lowest BCUT2D eigenvalue weighted by molar-refractivity contribution is 0.211. The molecule has 3 heterocycles. The van der Waals surface area contributed by atoms with E-state index in [1.807, 2.05) is 0 Å². The summed E-state index contributed by atoms with van der Waals surface area (Å²) in [5.41, 5.74) is 2.87. The fourth-order valence-electron chi connectivity index (χ4n) is 3.93. The number of anilines is 1. The number of likely N-dealkylation sites (tertiary alicyclic amines) is 1. The SMILES string of the molecule is CCc1cc2c(NC3CCN(Cc4cccc(C(C)C)c4)CC3)ncnc2s1. The molecule has 28 heavy (non-hydrogen) atoms. The average molecular weight is 395 g/mol.